The Morgan fingerprint density at radius 1 is 1.35 bits per heavy atom. The molecular weight excluding hydrogens is 278 g/mol. The van der Waals surface area contributed by atoms with E-state index in [0.717, 1.165) is 12.8 Å². The largest absolute Gasteiger partial charge is 0.480 e. The van der Waals surface area contributed by atoms with Crippen LogP contribution >= 0.6 is 0 Å². The second-order valence-corrected chi connectivity index (χ2v) is 7.25. The molecule has 0 amide bonds. The first kappa shape index (κ1) is 14.8. The Labute approximate surface area is 118 Å². The summed E-state index contributed by atoms with van der Waals surface area (Å²) < 4.78 is 23.8. The van der Waals surface area contributed by atoms with Gasteiger partial charge in [-0.25, -0.2) is 13.2 Å². The maximum Gasteiger partial charge on any atom is 0.326 e. The predicted molar refractivity (Wildman–Crippen MR) is 76.6 cm³/mol. The molecule has 0 spiro atoms. The molecule has 2 rings (SSSR count). The Balaban J connectivity index is 2.10. The smallest absolute Gasteiger partial charge is 0.326 e. The maximum absolute atomic E-state index is 11.9. The van der Waals surface area contributed by atoms with Gasteiger partial charge in [-0.05, 0) is 49.4 Å². The fourth-order valence-electron chi connectivity index (χ4n) is 2.14. The normalized spacial score (nSPS) is 16.6. The summed E-state index contributed by atoms with van der Waals surface area (Å²) in [4.78, 5) is 11.4. The zero-order valence-corrected chi connectivity index (χ0v) is 12.2. The van der Waals surface area contributed by atoms with E-state index < -0.39 is 21.8 Å². The van der Waals surface area contributed by atoms with Gasteiger partial charge < -0.3 is 10.4 Å². The zero-order chi connectivity index (χ0) is 14.8. The average Bonchev–Trinajstić information content (AvgIpc) is 3.20. The zero-order valence-electron chi connectivity index (χ0n) is 11.4. The number of nitrogens with one attached hydrogen (secondary N) is 1. The third-order valence-corrected chi connectivity index (χ3v) is 5.30. The van der Waals surface area contributed by atoms with Gasteiger partial charge in [0.05, 0.1) is 10.6 Å². The van der Waals surface area contributed by atoms with E-state index in [1.54, 1.807) is 12.1 Å². The van der Waals surface area contributed by atoms with Crippen LogP contribution in [-0.2, 0) is 14.6 Å². The number of sulfone groups is 1. The van der Waals surface area contributed by atoms with Crippen molar-refractivity contribution < 1.29 is 18.3 Å². The molecule has 20 heavy (non-hydrogen) atoms. The van der Waals surface area contributed by atoms with Crippen LogP contribution in [-0.4, -0.2) is 31.3 Å². The molecule has 0 bridgehead atoms. The molecule has 1 saturated carbocycles. The molecule has 1 unspecified atom stereocenters. The fraction of sp³-hybridized carbons (Fsp3) is 0.500. The number of anilines is 1. The number of hydrogen-bond acceptors (Lipinski definition) is 4. The van der Waals surface area contributed by atoms with Crippen molar-refractivity contribution in [3.63, 3.8) is 0 Å². The second kappa shape index (κ2) is 5.83. The van der Waals surface area contributed by atoms with E-state index in [1.165, 1.54) is 12.1 Å². The Morgan fingerprint density at radius 3 is 2.40 bits per heavy atom. The Morgan fingerprint density at radius 2 is 1.95 bits per heavy atom. The standard InChI is InChI=1S/C14H19NO4S/c1-2-9-20(18,19)12-7-5-11(6-8-12)15-13(14(16)17)10-3-4-10/h5-8,10,13,15H,2-4,9H2,1H3,(H,16,17). The number of benzene rings is 1. The monoisotopic (exact) mass is 297 g/mol. The molecule has 1 aliphatic carbocycles. The van der Waals surface area contributed by atoms with E-state index in [9.17, 15) is 13.2 Å². The molecule has 2 N–H and O–H groups in total. The number of aliphatic carboxylic acids is 1. The van der Waals surface area contributed by atoms with Crippen LogP contribution in [0.3, 0.4) is 0 Å². The van der Waals surface area contributed by atoms with Crippen LogP contribution in [0.25, 0.3) is 0 Å². The van der Waals surface area contributed by atoms with Crippen molar-refractivity contribution in [2.75, 3.05) is 11.1 Å². The molecule has 1 aliphatic rings. The van der Waals surface area contributed by atoms with Gasteiger partial charge in [-0.1, -0.05) is 6.92 Å². The van der Waals surface area contributed by atoms with Gasteiger partial charge in [0.2, 0.25) is 0 Å². The quantitative estimate of drug-likeness (QED) is 0.805. The van der Waals surface area contributed by atoms with Crippen molar-refractivity contribution >= 4 is 21.5 Å². The van der Waals surface area contributed by atoms with Crippen molar-refractivity contribution in [3.8, 4) is 0 Å². The van der Waals surface area contributed by atoms with E-state index in [0.29, 0.717) is 12.1 Å². The molecule has 5 nitrogen and oxygen atoms in total. The molecule has 1 aromatic rings. The molecule has 1 fully saturated rings. The number of hydrogen-bond donors (Lipinski definition) is 2. The van der Waals surface area contributed by atoms with Crippen molar-refractivity contribution in [1.29, 1.82) is 0 Å². The lowest BCUT2D eigenvalue weighted by Gasteiger charge is -2.15. The van der Waals surface area contributed by atoms with Gasteiger partial charge in [-0.2, -0.15) is 0 Å². The highest BCUT2D eigenvalue weighted by atomic mass is 32.2. The van der Waals surface area contributed by atoms with Gasteiger partial charge in [0.25, 0.3) is 0 Å². The van der Waals surface area contributed by atoms with E-state index >= 15 is 0 Å². The number of carbonyl (C=O) groups is 1. The Hall–Kier alpha value is -1.56. The summed E-state index contributed by atoms with van der Waals surface area (Å²) in [6.07, 6.45) is 2.42. The third kappa shape index (κ3) is 3.50. The highest BCUT2D eigenvalue weighted by molar-refractivity contribution is 7.91. The molecular formula is C14H19NO4S. The lowest BCUT2D eigenvalue weighted by Crippen LogP contribution is -2.31. The van der Waals surface area contributed by atoms with E-state index in [-0.39, 0.29) is 16.6 Å². The van der Waals surface area contributed by atoms with Gasteiger partial charge in [0.1, 0.15) is 6.04 Å². The third-order valence-electron chi connectivity index (χ3n) is 3.37. The summed E-state index contributed by atoms with van der Waals surface area (Å²) >= 11 is 0. The van der Waals surface area contributed by atoms with E-state index in [2.05, 4.69) is 5.32 Å². The predicted octanol–water partition coefficient (Wildman–Crippen LogP) is 2.15. The van der Waals surface area contributed by atoms with E-state index in [1.807, 2.05) is 6.92 Å². The topological polar surface area (TPSA) is 83.5 Å². The van der Waals surface area contributed by atoms with Crippen molar-refractivity contribution in [1.82, 2.24) is 0 Å². The maximum atomic E-state index is 11.9. The molecule has 0 heterocycles. The minimum Gasteiger partial charge on any atom is -0.480 e. The van der Waals surface area contributed by atoms with Crippen LogP contribution in [0.15, 0.2) is 29.2 Å². The second-order valence-electron chi connectivity index (χ2n) is 5.14. The summed E-state index contributed by atoms with van der Waals surface area (Å²) in [7, 11) is -3.22. The number of carboxylic acids is 1. The molecule has 0 aliphatic heterocycles. The van der Waals surface area contributed by atoms with Gasteiger partial charge in [0, 0.05) is 5.69 Å². The van der Waals surface area contributed by atoms with Gasteiger partial charge in [-0.3, -0.25) is 0 Å². The van der Waals surface area contributed by atoms with Crippen molar-refractivity contribution in [2.24, 2.45) is 5.92 Å². The Kier molecular flexibility index (Phi) is 4.32. The van der Waals surface area contributed by atoms with Crippen LogP contribution in [0.5, 0.6) is 0 Å². The van der Waals surface area contributed by atoms with Crippen LogP contribution in [0, 0.1) is 5.92 Å². The highest BCUT2D eigenvalue weighted by Gasteiger charge is 2.36. The van der Waals surface area contributed by atoms with Gasteiger partial charge in [0.15, 0.2) is 9.84 Å². The molecule has 0 aromatic heterocycles. The van der Waals surface area contributed by atoms with Crippen LogP contribution in [0.1, 0.15) is 26.2 Å². The summed E-state index contributed by atoms with van der Waals surface area (Å²) in [5.41, 5.74) is 0.639. The molecule has 6 heteroatoms. The number of rotatable bonds is 7. The molecule has 0 saturated heterocycles. The summed E-state index contributed by atoms with van der Waals surface area (Å²) in [6, 6.07) is 5.72. The van der Waals surface area contributed by atoms with Crippen molar-refractivity contribution in [3.05, 3.63) is 24.3 Å². The van der Waals surface area contributed by atoms with E-state index in [4.69, 9.17) is 5.11 Å². The fourth-order valence-corrected chi connectivity index (χ4v) is 3.46. The first-order valence-corrected chi connectivity index (χ1v) is 8.41. The lowest BCUT2D eigenvalue weighted by molar-refractivity contribution is -0.138. The Bertz CT molecular complexity index is 576. The highest BCUT2D eigenvalue weighted by Crippen LogP contribution is 2.34. The van der Waals surface area contributed by atoms with Crippen LogP contribution in [0.2, 0.25) is 0 Å². The SMILES string of the molecule is CCCS(=O)(=O)c1ccc(NC(C(=O)O)C2CC2)cc1. The first-order chi connectivity index (χ1) is 9.44. The summed E-state index contributed by atoms with van der Waals surface area (Å²) in [5, 5.41) is 12.1. The van der Waals surface area contributed by atoms with Crippen LogP contribution in [0.4, 0.5) is 5.69 Å². The summed E-state index contributed by atoms with van der Waals surface area (Å²) in [5.74, 6) is -0.564. The van der Waals surface area contributed by atoms with Gasteiger partial charge in [-0.15, -0.1) is 0 Å². The minimum absolute atomic E-state index is 0.125. The molecule has 0 radical (unpaired) electrons. The van der Waals surface area contributed by atoms with Crippen LogP contribution < -0.4 is 5.32 Å². The molecule has 1 atom stereocenters. The minimum atomic E-state index is -3.22. The summed E-state index contributed by atoms with van der Waals surface area (Å²) in [6.45, 7) is 1.82. The lowest BCUT2D eigenvalue weighted by atomic mass is 10.1. The number of carboxylic acid groups (broad SMARTS) is 1. The first-order valence-electron chi connectivity index (χ1n) is 6.76. The average molecular weight is 297 g/mol. The molecule has 110 valence electrons. The van der Waals surface area contributed by atoms with Gasteiger partial charge >= 0.3 is 5.97 Å². The molecule has 1 aromatic carbocycles. The van der Waals surface area contributed by atoms with Crippen molar-refractivity contribution in [2.45, 2.75) is 37.1 Å².